The Hall–Kier alpha value is -2.62. The van der Waals surface area contributed by atoms with Crippen molar-refractivity contribution in [3.05, 3.63) is 76.0 Å². The summed E-state index contributed by atoms with van der Waals surface area (Å²) < 4.78 is 0. The molecule has 2 heterocycles. The number of nitrogens with zero attached hydrogens (tertiary/aromatic N) is 2. The van der Waals surface area contributed by atoms with Crippen LogP contribution < -0.4 is 16.0 Å². The van der Waals surface area contributed by atoms with Crippen LogP contribution in [0.5, 0.6) is 5.75 Å². The lowest BCUT2D eigenvalue weighted by Gasteiger charge is -2.26. The molecular formula is C29H36N4O2S3. The van der Waals surface area contributed by atoms with Crippen molar-refractivity contribution in [2.45, 2.75) is 37.4 Å². The number of unbranched alkanes of at least 4 members (excludes halogenated alkanes) is 1. The number of carbonyl (C=O) groups is 1. The first-order valence-corrected chi connectivity index (χ1v) is 16.2. The van der Waals surface area contributed by atoms with Gasteiger partial charge in [0.2, 0.25) is 0 Å². The molecule has 38 heavy (non-hydrogen) atoms. The zero-order valence-electron chi connectivity index (χ0n) is 21.9. The number of phenolic OH excluding ortho intramolecular Hbond substituents is 1. The minimum Gasteiger partial charge on any atom is -0.507 e. The number of benzene rings is 2. The van der Waals surface area contributed by atoms with Gasteiger partial charge in [-0.2, -0.15) is 0 Å². The summed E-state index contributed by atoms with van der Waals surface area (Å²) in [6, 6.07) is 17.0. The standard InChI is InChI=1S/C29H36N4O2S3/c1-33(2)24-13-12-22(32-28(30)27-11-7-16-36-27)19-21(24)18-20(26-14-17-37-38-26)8-5-6-15-31-29(35)23-9-3-4-10-25(23)34/h3-4,7,9-13,16,19-20,26,34H,5-6,8,14-15,17-18H2,1-2H3,(H2,30,32)(H,31,35). The van der Waals surface area contributed by atoms with Crippen molar-refractivity contribution in [3.63, 3.8) is 0 Å². The third-order valence-electron chi connectivity index (χ3n) is 6.69. The van der Waals surface area contributed by atoms with E-state index >= 15 is 0 Å². The van der Waals surface area contributed by atoms with Crippen LogP contribution in [0, 0.1) is 5.92 Å². The van der Waals surface area contributed by atoms with Crippen molar-refractivity contribution in [3.8, 4) is 5.75 Å². The van der Waals surface area contributed by atoms with Crippen molar-refractivity contribution in [2.75, 3.05) is 31.3 Å². The molecule has 0 bridgehead atoms. The van der Waals surface area contributed by atoms with E-state index in [9.17, 15) is 9.90 Å². The molecule has 4 rings (SSSR count). The maximum absolute atomic E-state index is 12.4. The molecule has 1 aliphatic heterocycles. The molecule has 2 aromatic carbocycles. The van der Waals surface area contributed by atoms with E-state index in [0.717, 1.165) is 36.2 Å². The summed E-state index contributed by atoms with van der Waals surface area (Å²) in [7, 11) is 8.18. The first-order chi connectivity index (χ1) is 18.4. The molecule has 1 aromatic heterocycles. The summed E-state index contributed by atoms with van der Waals surface area (Å²) in [6.07, 6.45) is 5.25. The van der Waals surface area contributed by atoms with Gasteiger partial charge in [-0.1, -0.05) is 46.2 Å². The maximum Gasteiger partial charge on any atom is 0.255 e. The van der Waals surface area contributed by atoms with Gasteiger partial charge in [-0.05, 0) is 78.9 Å². The van der Waals surface area contributed by atoms with E-state index in [0.29, 0.717) is 29.1 Å². The van der Waals surface area contributed by atoms with Crippen LogP contribution in [-0.2, 0) is 6.42 Å². The Morgan fingerprint density at radius 3 is 2.74 bits per heavy atom. The van der Waals surface area contributed by atoms with Gasteiger partial charge in [-0.25, -0.2) is 4.99 Å². The Labute approximate surface area is 237 Å². The Morgan fingerprint density at radius 1 is 1.18 bits per heavy atom. The molecule has 1 saturated heterocycles. The number of amides is 1. The second-order valence-electron chi connectivity index (χ2n) is 9.66. The van der Waals surface area contributed by atoms with Gasteiger partial charge >= 0.3 is 0 Å². The number of nitrogens with two attached hydrogens (primary N) is 1. The summed E-state index contributed by atoms with van der Waals surface area (Å²) in [6.45, 7) is 0.599. The summed E-state index contributed by atoms with van der Waals surface area (Å²) in [5, 5.41) is 15.5. The van der Waals surface area contributed by atoms with Crippen LogP contribution in [0.1, 0.15) is 46.5 Å². The van der Waals surface area contributed by atoms with Gasteiger partial charge in [-0.3, -0.25) is 4.79 Å². The van der Waals surface area contributed by atoms with Crippen LogP contribution in [0.4, 0.5) is 11.4 Å². The smallest absolute Gasteiger partial charge is 0.255 e. The first-order valence-electron chi connectivity index (χ1n) is 12.9. The monoisotopic (exact) mass is 568 g/mol. The highest BCUT2D eigenvalue weighted by molar-refractivity contribution is 8.77. The first kappa shape index (κ1) is 28.4. The fraction of sp³-hybridized carbons (Fsp3) is 0.379. The predicted octanol–water partition coefficient (Wildman–Crippen LogP) is 6.47. The molecule has 1 amide bonds. The zero-order valence-corrected chi connectivity index (χ0v) is 24.4. The number of hydrogen-bond acceptors (Lipinski definition) is 7. The molecule has 3 aromatic rings. The molecule has 1 aliphatic rings. The average molecular weight is 569 g/mol. The van der Waals surface area contributed by atoms with Crippen molar-refractivity contribution in [1.29, 1.82) is 0 Å². The van der Waals surface area contributed by atoms with E-state index in [4.69, 9.17) is 10.7 Å². The molecule has 2 unspecified atom stereocenters. The van der Waals surface area contributed by atoms with Crippen LogP contribution >= 0.6 is 32.9 Å². The average Bonchev–Trinajstić information content (AvgIpc) is 3.63. The summed E-state index contributed by atoms with van der Waals surface area (Å²) in [5.74, 6) is 2.08. The van der Waals surface area contributed by atoms with Crippen molar-refractivity contribution in [2.24, 2.45) is 16.6 Å². The number of thiophene rings is 1. The van der Waals surface area contributed by atoms with Gasteiger partial charge in [-0.15, -0.1) is 11.3 Å². The number of rotatable bonds is 12. The highest BCUT2D eigenvalue weighted by Crippen LogP contribution is 2.44. The number of nitrogens with one attached hydrogen (secondary N) is 1. The van der Waals surface area contributed by atoms with Gasteiger partial charge < -0.3 is 21.1 Å². The fourth-order valence-electron chi connectivity index (χ4n) is 4.72. The number of amidine groups is 1. The quantitative estimate of drug-likeness (QED) is 0.100. The molecule has 6 nitrogen and oxygen atoms in total. The number of phenols is 1. The minimum absolute atomic E-state index is 0.0150. The van der Waals surface area contributed by atoms with Crippen LogP contribution in [-0.4, -0.2) is 48.5 Å². The highest BCUT2D eigenvalue weighted by atomic mass is 33.1. The lowest BCUT2D eigenvalue weighted by atomic mass is 9.88. The second-order valence-corrected chi connectivity index (χ2v) is 13.3. The summed E-state index contributed by atoms with van der Waals surface area (Å²) >= 11 is 1.60. The van der Waals surface area contributed by atoms with Gasteiger partial charge in [0.1, 0.15) is 11.6 Å². The van der Waals surface area contributed by atoms with Crippen molar-refractivity contribution >= 4 is 56.0 Å². The number of para-hydroxylation sites is 1. The number of carbonyl (C=O) groups excluding carboxylic acids is 1. The van der Waals surface area contributed by atoms with E-state index < -0.39 is 0 Å². The van der Waals surface area contributed by atoms with Crippen molar-refractivity contribution in [1.82, 2.24) is 5.32 Å². The lowest BCUT2D eigenvalue weighted by Crippen LogP contribution is -2.25. The van der Waals surface area contributed by atoms with E-state index in [-0.39, 0.29) is 11.7 Å². The summed E-state index contributed by atoms with van der Waals surface area (Å²) in [4.78, 5) is 20.3. The second kappa shape index (κ2) is 14.0. The molecule has 0 radical (unpaired) electrons. The third kappa shape index (κ3) is 7.71. The van der Waals surface area contributed by atoms with Crippen LogP contribution in [0.15, 0.2) is 65.0 Å². The molecule has 4 N–H and O–H groups in total. The Kier molecular flexibility index (Phi) is 10.4. The topological polar surface area (TPSA) is 91.0 Å². The molecule has 0 spiro atoms. The molecule has 0 aliphatic carbocycles. The van der Waals surface area contributed by atoms with E-state index in [1.807, 2.05) is 45.2 Å². The Balaban J connectivity index is 1.41. The minimum atomic E-state index is -0.225. The lowest BCUT2D eigenvalue weighted by molar-refractivity contribution is 0.0950. The molecule has 9 heteroatoms. The van der Waals surface area contributed by atoms with Crippen LogP contribution in [0.2, 0.25) is 0 Å². The highest BCUT2D eigenvalue weighted by Gasteiger charge is 2.27. The Bertz CT molecular complexity index is 1220. The number of anilines is 1. The zero-order chi connectivity index (χ0) is 26.9. The maximum atomic E-state index is 12.4. The van der Waals surface area contributed by atoms with Crippen LogP contribution in [0.3, 0.4) is 0 Å². The van der Waals surface area contributed by atoms with Gasteiger partial charge in [0.05, 0.1) is 16.1 Å². The number of aromatic hydroxyl groups is 1. The normalized spacial score (nSPS) is 16.4. The number of hydrogen-bond donors (Lipinski definition) is 3. The molecular weight excluding hydrogens is 533 g/mol. The molecule has 202 valence electrons. The van der Waals surface area contributed by atoms with Gasteiger partial charge in [0.15, 0.2) is 0 Å². The van der Waals surface area contributed by atoms with Crippen molar-refractivity contribution < 1.29 is 9.90 Å². The van der Waals surface area contributed by atoms with E-state index in [2.05, 4.69) is 36.4 Å². The SMILES string of the molecule is CN(C)c1ccc(N=C(N)c2cccs2)cc1CC(CCCCNC(=O)c1ccccc1O)C1CCSS1. The summed E-state index contributed by atoms with van der Waals surface area (Å²) in [5.41, 5.74) is 10.0. The fourth-order valence-corrected chi connectivity index (χ4v) is 8.58. The third-order valence-corrected chi connectivity index (χ3v) is 10.6. The Morgan fingerprint density at radius 2 is 2.03 bits per heavy atom. The predicted molar refractivity (Wildman–Crippen MR) is 165 cm³/mol. The van der Waals surface area contributed by atoms with Gasteiger partial charge in [0.25, 0.3) is 5.91 Å². The van der Waals surface area contributed by atoms with Gasteiger partial charge in [0, 0.05) is 37.3 Å². The van der Waals surface area contributed by atoms with Crippen LogP contribution in [0.25, 0.3) is 0 Å². The number of aliphatic imine (C=N–C) groups is 1. The van der Waals surface area contributed by atoms with E-state index in [1.165, 1.54) is 29.5 Å². The molecule has 0 saturated carbocycles. The largest absolute Gasteiger partial charge is 0.507 e. The van der Waals surface area contributed by atoms with E-state index in [1.54, 1.807) is 29.5 Å². The molecule has 1 fully saturated rings. The molecule has 2 atom stereocenters.